The fourth-order valence-corrected chi connectivity index (χ4v) is 2.22. The van der Waals surface area contributed by atoms with Crippen LogP contribution in [0.2, 0.25) is 0 Å². The SMILES string of the molecule is COc1ccc(CN(C)c2nccn3nccc23)cc1. The van der Waals surface area contributed by atoms with E-state index in [1.165, 1.54) is 5.56 Å². The molecule has 0 aliphatic rings. The van der Waals surface area contributed by atoms with Gasteiger partial charge in [0.1, 0.15) is 11.3 Å². The van der Waals surface area contributed by atoms with E-state index in [0.717, 1.165) is 23.6 Å². The smallest absolute Gasteiger partial charge is 0.154 e. The molecule has 0 aliphatic carbocycles. The van der Waals surface area contributed by atoms with E-state index in [4.69, 9.17) is 4.74 Å². The summed E-state index contributed by atoms with van der Waals surface area (Å²) in [5.41, 5.74) is 2.21. The maximum absolute atomic E-state index is 5.17. The molecule has 5 heteroatoms. The molecular weight excluding hydrogens is 252 g/mol. The van der Waals surface area contributed by atoms with Gasteiger partial charge in [0, 0.05) is 26.0 Å². The Labute approximate surface area is 117 Å². The van der Waals surface area contributed by atoms with Gasteiger partial charge in [-0.3, -0.25) is 0 Å². The van der Waals surface area contributed by atoms with Crippen LogP contribution < -0.4 is 9.64 Å². The highest BCUT2D eigenvalue weighted by Crippen LogP contribution is 2.19. The first kappa shape index (κ1) is 12.5. The van der Waals surface area contributed by atoms with Crippen molar-refractivity contribution in [2.75, 3.05) is 19.1 Å². The summed E-state index contributed by atoms with van der Waals surface area (Å²) < 4.78 is 6.99. The lowest BCUT2D eigenvalue weighted by Crippen LogP contribution is -2.18. The second-order valence-corrected chi connectivity index (χ2v) is 4.62. The lowest BCUT2D eigenvalue weighted by Gasteiger charge is -2.19. The van der Waals surface area contributed by atoms with Crippen LogP contribution in [0.25, 0.3) is 5.52 Å². The first-order valence-electron chi connectivity index (χ1n) is 6.40. The quantitative estimate of drug-likeness (QED) is 0.728. The third kappa shape index (κ3) is 2.30. The molecule has 0 atom stereocenters. The van der Waals surface area contributed by atoms with Gasteiger partial charge in [0.15, 0.2) is 5.82 Å². The predicted octanol–water partition coefficient (Wildman–Crippen LogP) is 2.37. The molecule has 20 heavy (non-hydrogen) atoms. The van der Waals surface area contributed by atoms with Crippen molar-refractivity contribution < 1.29 is 4.74 Å². The van der Waals surface area contributed by atoms with E-state index in [1.807, 2.05) is 36.0 Å². The molecule has 0 spiro atoms. The number of aromatic nitrogens is 3. The molecule has 0 saturated heterocycles. The lowest BCUT2D eigenvalue weighted by atomic mass is 10.2. The molecule has 102 valence electrons. The Hall–Kier alpha value is -2.56. The molecule has 2 heterocycles. The molecule has 3 rings (SSSR count). The summed E-state index contributed by atoms with van der Waals surface area (Å²) in [7, 11) is 3.70. The van der Waals surface area contributed by atoms with Crippen LogP contribution in [0.4, 0.5) is 5.82 Å². The Morgan fingerprint density at radius 2 is 1.95 bits per heavy atom. The molecule has 0 aliphatic heterocycles. The fourth-order valence-electron chi connectivity index (χ4n) is 2.22. The monoisotopic (exact) mass is 268 g/mol. The summed E-state index contributed by atoms with van der Waals surface area (Å²) in [4.78, 5) is 6.56. The predicted molar refractivity (Wildman–Crippen MR) is 78.1 cm³/mol. The zero-order valence-corrected chi connectivity index (χ0v) is 11.5. The average molecular weight is 268 g/mol. The standard InChI is InChI=1S/C15H16N4O/c1-18(11-12-3-5-13(20-2)6-4-12)15-14-7-8-17-19(14)10-9-16-15/h3-10H,11H2,1-2H3. The van der Waals surface area contributed by atoms with E-state index < -0.39 is 0 Å². The summed E-state index contributed by atoms with van der Waals surface area (Å²) in [6, 6.07) is 10.0. The van der Waals surface area contributed by atoms with Crippen LogP contribution in [0.5, 0.6) is 5.75 Å². The molecule has 0 bridgehead atoms. The molecule has 0 N–H and O–H groups in total. The van der Waals surface area contributed by atoms with Crippen LogP contribution in [-0.4, -0.2) is 28.8 Å². The summed E-state index contributed by atoms with van der Waals surface area (Å²) in [5.74, 6) is 1.79. The van der Waals surface area contributed by atoms with Gasteiger partial charge < -0.3 is 9.64 Å². The largest absolute Gasteiger partial charge is 0.497 e. The highest BCUT2D eigenvalue weighted by molar-refractivity contribution is 5.67. The molecule has 0 radical (unpaired) electrons. The second kappa shape index (κ2) is 5.21. The van der Waals surface area contributed by atoms with Gasteiger partial charge >= 0.3 is 0 Å². The van der Waals surface area contributed by atoms with Crippen LogP contribution in [0.3, 0.4) is 0 Å². The molecule has 1 aromatic carbocycles. The van der Waals surface area contributed by atoms with E-state index in [1.54, 1.807) is 19.5 Å². The molecule has 0 unspecified atom stereocenters. The van der Waals surface area contributed by atoms with Crippen molar-refractivity contribution >= 4 is 11.3 Å². The van der Waals surface area contributed by atoms with E-state index in [9.17, 15) is 0 Å². The second-order valence-electron chi connectivity index (χ2n) is 4.62. The Morgan fingerprint density at radius 3 is 2.70 bits per heavy atom. The molecular formula is C15H16N4O. The summed E-state index contributed by atoms with van der Waals surface area (Å²) >= 11 is 0. The van der Waals surface area contributed by atoms with E-state index in [0.29, 0.717) is 0 Å². The van der Waals surface area contributed by atoms with Crippen molar-refractivity contribution in [3.63, 3.8) is 0 Å². The van der Waals surface area contributed by atoms with Gasteiger partial charge in [-0.15, -0.1) is 0 Å². The topological polar surface area (TPSA) is 42.7 Å². The summed E-state index contributed by atoms with van der Waals surface area (Å²) in [5, 5.41) is 4.22. The summed E-state index contributed by atoms with van der Waals surface area (Å²) in [6.07, 6.45) is 5.39. The summed E-state index contributed by atoms with van der Waals surface area (Å²) in [6.45, 7) is 0.780. The van der Waals surface area contributed by atoms with Crippen LogP contribution in [0.1, 0.15) is 5.56 Å². The van der Waals surface area contributed by atoms with Crippen molar-refractivity contribution in [2.24, 2.45) is 0 Å². The van der Waals surface area contributed by atoms with Gasteiger partial charge in [-0.05, 0) is 23.8 Å². The van der Waals surface area contributed by atoms with E-state index >= 15 is 0 Å². The molecule has 0 amide bonds. The van der Waals surface area contributed by atoms with Gasteiger partial charge in [0.2, 0.25) is 0 Å². The number of hydrogen-bond acceptors (Lipinski definition) is 4. The number of fused-ring (bicyclic) bond motifs is 1. The van der Waals surface area contributed by atoms with Crippen LogP contribution >= 0.6 is 0 Å². The Kier molecular flexibility index (Phi) is 3.25. The third-order valence-corrected chi connectivity index (χ3v) is 3.24. The molecule has 0 fully saturated rings. The fraction of sp³-hybridized carbons (Fsp3) is 0.200. The maximum Gasteiger partial charge on any atom is 0.154 e. The van der Waals surface area contributed by atoms with Crippen molar-refractivity contribution in [1.29, 1.82) is 0 Å². The minimum atomic E-state index is 0.780. The van der Waals surface area contributed by atoms with Crippen LogP contribution in [0, 0.1) is 0 Å². The molecule has 2 aromatic heterocycles. The Morgan fingerprint density at radius 1 is 1.15 bits per heavy atom. The van der Waals surface area contributed by atoms with Gasteiger partial charge in [-0.1, -0.05) is 12.1 Å². The zero-order valence-electron chi connectivity index (χ0n) is 11.5. The first-order valence-corrected chi connectivity index (χ1v) is 6.40. The van der Waals surface area contributed by atoms with Crippen LogP contribution in [-0.2, 0) is 6.54 Å². The minimum absolute atomic E-state index is 0.780. The highest BCUT2D eigenvalue weighted by Gasteiger charge is 2.09. The lowest BCUT2D eigenvalue weighted by molar-refractivity contribution is 0.414. The molecule has 3 aromatic rings. The molecule has 0 saturated carbocycles. The van der Waals surface area contributed by atoms with Gasteiger partial charge in [0.25, 0.3) is 0 Å². The number of rotatable bonds is 4. The number of nitrogens with zero attached hydrogens (tertiary/aromatic N) is 4. The van der Waals surface area contributed by atoms with Crippen molar-refractivity contribution in [3.8, 4) is 5.75 Å². The molecule has 5 nitrogen and oxygen atoms in total. The number of methoxy groups -OCH3 is 1. The number of ether oxygens (including phenoxy) is 1. The zero-order chi connectivity index (χ0) is 13.9. The average Bonchev–Trinajstić information content (AvgIpc) is 2.96. The third-order valence-electron chi connectivity index (χ3n) is 3.24. The van der Waals surface area contributed by atoms with Gasteiger partial charge in [-0.25, -0.2) is 9.50 Å². The van der Waals surface area contributed by atoms with Crippen molar-refractivity contribution in [3.05, 3.63) is 54.5 Å². The minimum Gasteiger partial charge on any atom is -0.497 e. The first-order chi connectivity index (χ1) is 9.78. The van der Waals surface area contributed by atoms with Gasteiger partial charge in [0.05, 0.1) is 13.3 Å². The normalized spacial score (nSPS) is 10.7. The Balaban J connectivity index is 1.84. The van der Waals surface area contributed by atoms with E-state index in [-0.39, 0.29) is 0 Å². The van der Waals surface area contributed by atoms with Crippen molar-refractivity contribution in [1.82, 2.24) is 14.6 Å². The highest BCUT2D eigenvalue weighted by atomic mass is 16.5. The van der Waals surface area contributed by atoms with E-state index in [2.05, 4.69) is 27.1 Å². The Bertz CT molecular complexity index is 705. The number of hydrogen-bond donors (Lipinski definition) is 0. The van der Waals surface area contributed by atoms with Crippen molar-refractivity contribution in [2.45, 2.75) is 6.54 Å². The van der Waals surface area contributed by atoms with Crippen LogP contribution in [0.15, 0.2) is 48.9 Å². The van der Waals surface area contributed by atoms with Gasteiger partial charge in [-0.2, -0.15) is 5.10 Å². The number of benzene rings is 1. The maximum atomic E-state index is 5.17. The number of anilines is 1.